The maximum Gasteiger partial charge on any atom is 0.129 e. The van der Waals surface area contributed by atoms with Gasteiger partial charge in [-0.3, -0.25) is 0 Å². The molecule has 2 unspecified atom stereocenters. The third kappa shape index (κ3) is 2.07. The Morgan fingerprint density at radius 2 is 2.14 bits per heavy atom. The lowest BCUT2D eigenvalue weighted by Crippen LogP contribution is -2.20. The minimum Gasteiger partial charge on any atom is -0.373 e. The minimum atomic E-state index is -0.205. The molecule has 0 amide bonds. The highest BCUT2D eigenvalue weighted by atomic mass is 35.5. The zero-order chi connectivity index (χ0) is 9.97. The van der Waals surface area contributed by atoms with E-state index in [0.29, 0.717) is 18.6 Å². The first kappa shape index (κ1) is 9.94. The highest BCUT2D eigenvalue weighted by Crippen LogP contribution is 2.31. The van der Waals surface area contributed by atoms with E-state index in [9.17, 15) is 4.39 Å². The van der Waals surface area contributed by atoms with E-state index in [1.54, 1.807) is 12.1 Å². The van der Waals surface area contributed by atoms with Crippen LogP contribution in [0, 0.1) is 5.82 Å². The van der Waals surface area contributed by atoms with Crippen molar-refractivity contribution in [2.24, 2.45) is 0 Å². The average Bonchev–Trinajstić information content (AvgIpc) is 2.18. The molecule has 3 heteroatoms. The Morgan fingerprint density at radius 1 is 1.36 bits per heavy atom. The summed E-state index contributed by atoms with van der Waals surface area (Å²) in [5, 5.41) is 0.105. The van der Waals surface area contributed by atoms with Gasteiger partial charge in [-0.1, -0.05) is 18.2 Å². The van der Waals surface area contributed by atoms with Crippen molar-refractivity contribution in [1.29, 1.82) is 0 Å². The molecule has 76 valence electrons. The molecule has 0 aliphatic carbocycles. The van der Waals surface area contributed by atoms with E-state index in [-0.39, 0.29) is 17.3 Å². The molecule has 1 nitrogen and oxygen atoms in total. The Balaban J connectivity index is 2.18. The van der Waals surface area contributed by atoms with E-state index < -0.39 is 0 Å². The molecule has 0 aromatic heterocycles. The van der Waals surface area contributed by atoms with Gasteiger partial charge in [0.1, 0.15) is 5.82 Å². The predicted octanol–water partition coefficient (Wildman–Crippen LogP) is 3.28. The molecule has 0 N–H and O–H groups in total. The predicted molar refractivity (Wildman–Crippen MR) is 54.0 cm³/mol. The number of hydrogen-bond acceptors (Lipinski definition) is 1. The second kappa shape index (κ2) is 4.28. The number of rotatable bonds is 1. The first-order valence-electron chi connectivity index (χ1n) is 4.77. The number of alkyl halides is 1. The van der Waals surface area contributed by atoms with Crippen molar-refractivity contribution in [1.82, 2.24) is 0 Å². The van der Waals surface area contributed by atoms with Crippen LogP contribution in [0.3, 0.4) is 0 Å². The summed E-state index contributed by atoms with van der Waals surface area (Å²) in [7, 11) is 0. The lowest BCUT2D eigenvalue weighted by Gasteiger charge is -2.26. The van der Waals surface area contributed by atoms with Gasteiger partial charge in [-0.05, 0) is 18.9 Å². The van der Waals surface area contributed by atoms with Crippen LogP contribution in [-0.2, 0) is 4.74 Å². The van der Waals surface area contributed by atoms with Gasteiger partial charge in [0.15, 0.2) is 0 Å². The van der Waals surface area contributed by atoms with Crippen molar-refractivity contribution in [2.75, 3.05) is 6.61 Å². The van der Waals surface area contributed by atoms with Crippen molar-refractivity contribution < 1.29 is 9.13 Å². The highest BCUT2D eigenvalue weighted by Gasteiger charge is 2.24. The first-order valence-corrected chi connectivity index (χ1v) is 5.21. The van der Waals surface area contributed by atoms with Gasteiger partial charge in [-0.15, -0.1) is 11.6 Å². The quantitative estimate of drug-likeness (QED) is 0.652. The van der Waals surface area contributed by atoms with E-state index in [4.69, 9.17) is 16.3 Å². The number of benzene rings is 1. The van der Waals surface area contributed by atoms with E-state index in [1.807, 2.05) is 6.07 Å². The topological polar surface area (TPSA) is 9.23 Å². The van der Waals surface area contributed by atoms with E-state index >= 15 is 0 Å². The van der Waals surface area contributed by atoms with Gasteiger partial charge in [0.2, 0.25) is 0 Å². The normalized spacial score (nSPS) is 27.6. The molecule has 0 bridgehead atoms. The van der Waals surface area contributed by atoms with Crippen molar-refractivity contribution in [3.63, 3.8) is 0 Å². The zero-order valence-electron chi connectivity index (χ0n) is 7.75. The lowest BCUT2D eigenvalue weighted by atomic mass is 10.0. The Bertz CT molecular complexity index is 316. The molecule has 1 aromatic carbocycles. The number of hydrogen-bond donors (Lipinski definition) is 0. The second-order valence-electron chi connectivity index (χ2n) is 3.50. The van der Waals surface area contributed by atoms with Gasteiger partial charge in [-0.2, -0.15) is 0 Å². The molecule has 1 fully saturated rings. The molecule has 14 heavy (non-hydrogen) atoms. The Labute approximate surface area is 87.8 Å². The third-order valence-corrected chi connectivity index (χ3v) is 2.87. The van der Waals surface area contributed by atoms with Crippen LogP contribution in [0.1, 0.15) is 24.5 Å². The van der Waals surface area contributed by atoms with Crippen LogP contribution in [-0.4, -0.2) is 12.0 Å². The van der Waals surface area contributed by atoms with Gasteiger partial charge in [0.25, 0.3) is 0 Å². The molecular formula is C11H12ClFO. The van der Waals surface area contributed by atoms with Crippen LogP contribution in [0.2, 0.25) is 0 Å². The van der Waals surface area contributed by atoms with Gasteiger partial charge < -0.3 is 4.74 Å². The average molecular weight is 215 g/mol. The molecule has 1 aromatic rings. The smallest absolute Gasteiger partial charge is 0.129 e. The monoisotopic (exact) mass is 214 g/mol. The summed E-state index contributed by atoms with van der Waals surface area (Å²) in [6.07, 6.45) is 1.38. The molecular weight excluding hydrogens is 203 g/mol. The fourth-order valence-corrected chi connectivity index (χ4v) is 1.96. The molecule has 1 aliphatic rings. The van der Waals surface area contributed by atoms with Crippen molar-refractivity contribution in [3.05, 3.63) is 35.6 Å². The molecule has 1 saturated heterocycles. The van der Waals surface area contributed by atoms with Crippen LogP contribution in [0.5, 0.6) is 0 Å². The maximum atomic E-state index is 13.4. The molecule has 2 rings (SSSR count). The fourth-order valence-electron chi connectivity index (χ4n) is 1.71. The zero-order valence-corrected chi connectivity index (χ0v) is 8.51. The molecule has 2 atom stereocenters. The summed E-state index contributed by atoms with van der Waals surface area (Å²) in [5.41, 5.74) is 0.623. The van der Waals surface area contributed by atoms with Crippen LogP contribution < -0.4 is 0 Å². The Kier molecular flexibility index (Phi) is 3.04. The summed E-state index contributed by atoms with van der Waals surface area (Å²) in [6, 6.07) is 6.71. The Hall–Kier alpha value is -0.600. The number of ether oxygens (including phenoxy) is 1. The molecule has 0 radical (unpaired) electrons. The minimum absolute atomic E-state index is 0.105. The SMILES string of the molecule is Fc1ccccc1C1CC(Cl)CCO1. The standard InChI is InChI=1S/C11H12ClFO/c12-8-5-6-14-11(7-8)9-3-1-2-4-10(9)13/h1-4,8,11H,5-7H2. The number of halogens is 2. The van der Waals surface area contributed by atoms with Gasteiger partial charge in [0, 0.05) is 17.5 Å². The van der Waals surface area contributed by atoms with E-state index in [2.05, 4.69) is 0 Å². The fraction of sp³-hybridized carbons (Fsp3) is 0.455. The Morgan fingerprint density at radius 3 is 2.86 bits per heavy atom. The van der Waals surface area contributed by atoms with Gasteiger partial charge >= 0.3 is 0 Å². The second-order valence-corrected chi connectivity index (χ2v) is 4.12. The highest BCUT2D eigenvalue weighted by molar-refractivity contribution is 6.20. The summed E-state index contributed by atoms with van der Waals surface area (Å²) < 4.78 is 18.9. The molecule has 1 aliphatic heterocycles. The van der Waals surface area contributed by atoms with Crippen LogP contribution in [0.25, 0.3) is 0 Å². The largest absolute Gasteiger partial charge is 0.373 e. The van der Waals surface area contributed by atoms with Crippen LogP contribution in [0.15, 0.2) is 24.3 Å². The summed E-state index contributed by atoms with van der Waals surface area (Å²) >= 11 is 6.01. The molecule has 1 heterocycles. The van der Waals surface area contributed by atoms with Crippen molar-refractivity contribution in [3.8, 4) is 0 Å². The van der Waals surface area contributed by atoms with Crippen molar-refractivity contribution >= 4 is 11.6 Å². The van der Waals surface area contributed by atoms with E-state index in [0.717, 1.165) is 6.42 Å². The maximum absolute atomic E-state index is 13.4. The van der Waals surface area contributed by atoms with E-state index in [1.165, 1.54) is 6.07 Å². The summed E-state index contributed by atoms with van der Waals surface area (Å²) in [6.45, 7) is 0.618. The van der Waals surface area contributed by atoms with Crippen LogP contribution >= 0.6 is 11.6 Å². The van der Waals surface area contributed by atoms with Gasteiger partial charge in [0.05, 0.1) is 6.10 Å². The molecule has 0 saturated carbocycles. The lowest BCUT2D eigenvalue weighted by molar-refractivity contribution is 0.0148. The van der Waals surface area contributed by atoms with Gasteiger partial charge in [-0.25, -0.2) is 4.39 Å². The summed E-state index contributed by atoms with van der Waals surface area (Å²) in [4.78, 5) is 0. The third-order valence-electron chi connectivity index (χ3n) is 2.47. The van der Waals surface area contributed by atoms with Crippen LogP contribution in [0.4, 0.5) is 4.39 Å². The summed E-state index contributed by atoms with van der Waals surface area (Å²) in [5.74, 6) is -0.205. The molecule has 0 spiro atoms. The first-order chi connectivity index (χ1) is 6.77. The van der Waals surface area contributed by atoms with Crippen molar-refractivity contribution in [2.45, 2.75) is 24.3 Å².